The SMILES string of the molecule is Cc1c(Nc2cc(-c3ccncc3)nc(NCC(=O)O)n2)cccc1C(F)(F)F. The molecule has 0 atom stereocenters. The molecule has 0 aliphatic carbocycles. The summed E-state index contributed by atoms with van der Waals surface area (Å²) in [5.41, 5.74) is 0.620. The van der Waals surface area contributed by atoms with Gasteiger partial charge in [-0.1, -0.05) is 6.07 Å². The Kier molecular flexibility index (Phi) is 5.62. The summed E-state index contributed by atoms with van der Waals surface area (Å²) in [6, 6.07) is 8.75. The van der Waals surface area contributed by atoms with Gasteiger partial charge >= 0.3 is 12.1 Å². The molecule has 0 saturated carbocycles. The van der Waals surface area contributed by atoms with Crippen molar-refractivity contribution in [3.05, 3.63) is 59.9 Å². The molecule has 0 fully saturated rings. The van der Waals surface area contributed by atoms with E-state index in [1.807, 2.05) is 0 Å². The van der Waals surface area contributed by atoms with Crippen LogP contribution in [0.3, 0.4) is 0 Å². The molecule has 7 nitrogen and oxygen atoms in total. The zero-order valence-corrected chi connectivity index (χ0v) is 15.2. The third kappa shape index (κ3) is 4.98. The molecule has 0 bridgehead atoms. The van der Waals surface area contributed by atoms with Crippen LogP contribution in [0.4, 0.5) is 30.6 Å². The van der Waals surface area contributed by atoms with E-state index in [1.165, 1.54) is 19.1 Å². The number of anilines is 3. The van der Waals surface area contributed by atoms with E-state index in [0.29, 0.717) is 11.3 Å². The molecule has 0 spiro atoms. The highest BCUT2D eigenvalue weighted by Gasteiger charge is 2.32. The number of aliphatic carboxylic acids is 1. The first-order chi connectivity index (χ1) is 13.7. The number of pyridine rings is 1. The monoisotopic (exact) mass is 403 g/mol. The van der Waals surface area contributed by atoms with Crippen LogP contribution in [0, 0.1) is 6.92 Å². The fourth-order valence-electron chi connectivity index (χ4n) is 2.63. The van der Waals surface area contributed by atoms with Gasteiger partial charge in [0.2, 0.25) is 5.95 Å². The van der Waals surface area contributed by atoms with Gasteiger partial charge in [0, 0.05) is 29.7 Å². The summed E-state index contributed by atoms with van der Waals surface area (Å²) in [5.74, 6) is -0.873. The zero-order chi connectivity index (χ0) is 21.0. The number of hydrogen-bond acceptors (Lipinski definition) is 6. The summed E-state index contributed by atoms with van der Waals surface area (Å²) in [4.78, 5) is 23.2. The van der Waals surface area contributed by atoms with Crippen molar-refractivity contribution in [2.75, 3.05) is 17.2 Å². The first-order valence-electron chi connectivity index (χ1n) is 8.43. The predicted molar refractivity (Wildman–Crippen MR) is 101 cm³/mol. The number of carbonyl (C=O) groups is 1. The number of carboxylic acid groups (broad SMARTS) is 1. The van der Waals surface area contributed by atoms with Crippen LogP contribution in [0.5, 0.6) is 0 Å². The first kappa shape index (κ1) is 20.1. The van der Waals surface area contributed by atoms with E-state index in [0.717, 1.165) is 6.07 Å². The lowest BCUT2D eigenvalue weighted by Crippen LogP contribution is -2.15. The maximum absolute atomic E-state index is 13.2. The molecule has 10 heteroatoms. The maximum atomic E-state index is 13.2. The standard InChI is InChI=1S/C19H16F3N5O2/c1-11-13(19(20,21)22)3-2-4-14(11)25-16-9-15(12-5-7-23-8-6-12)26-18(27-16)24-10-17(28)29/h2-9H,10H2,1H3,(H,28,29)(H2,24,25,26,27). The number of nitrogens with one attached hydrogen (secondary N) is 2. The molecule has 3 aromatic rings. The summed E-state index contributed by atoms with van der Waals surface area (Å²) in [7, 11) is 0. The van der Waals surface area contributed by atoms with Crippen LogP contribution in [0.2, 0.25) is 0 Å². The molecule has 2 heterocycles. The molecule has 1 aromatic carbocycles. The van der Waals surface area contributed by atoms with Gasteiger partial charge in [0.05, 0.1) is 11.3 Å². The molecule has 0 aliphatic rings. The minimum atomic E-state index is -4.48. The van der Waals surface area contributed by atoms with E-state index in [1.54, 1.807) is 30.6 Å². The van der Waals surface area contributed by atoms with Gasteiger partial charge in [-0.15, -0.1) is 0 Å². The van der Waals surface area contributed by atoms with Crippen molar-refractivity contribution in [2.24, 2.45) is 0 Å². The molecule has 150 valence electrons. The molecule has 3 N–H and O–H groups in total. The molecule has 0 aliphatic heterocycles. The van der Waals surface area contributed by atoms with Gasteiger partial charge in [-0.25, -0.2) is 4.98 Å². The van der Waals surface area contributed by atoms with E-state index in [-0.39, 0.29) is 23.0 Å². The van der Waals surface area contributed by atoms with Crippen molar-refractivity contribution < 1.29 is 23.1 Å². The number of carboxylic acids is 1. The number of hydrogen-bond donors (Lipinski definition) is 3. The molecule has 29 heavy (non-hydrogen) atoms. The van der Waals surface area contributed by atoms with Crippen LogP contribution in [-0.2, 0) is 11.0 Å². The normalized spacial score (nSPS) is 11.2. The lowest BCUT2D eigenvalue weighted by Gasteiger charge is -2.16. The minimum Gasteiger partial charge on any atom is -0.480 e. The molecule has 2 aromatic heterocycles. The summed E-state index contributed by atoms with van der Waals surface area (Å²) < 4.78 is 39.5. The lowest BCUT2D eigenvalue weighted by molar-refractivity contribution is -0.138. The average Bonchev–Trinajstić information content (AvgIpc) is 2.67. The van der Waals surface area contributed by atoms with Crippen molar-refractivity contribution in [3.63, 3.8) is 0 Å². The molecule has 0 saturated heterocycles. The van der Waals surface area contributed by atoms with Crippen LogP contribution in [0.25, 0.3) is 11.3 Å². The lowest BCUT2D eigenvalue weighted by atomic mass is 10.1. The number of alkyl halides is 3. The first-order valence-corrected chi connectivity index (χ1v) is 8.43. The zero-order valence-electron chi connectivity index (χ0n) is 15.2. The Morgan fingerprint density at radius 3 is 2.52 bits per heavy atom. The minimum absolute atomic E-state index is 0.0177. The van der Waals surface area contributed by atoms with Gasteiger partial charge in [0.15, 0.2) is 0 Å². The molecule has 3 rings (SSSR count). The smallest absolute Gasteiger partial charge is 0.416 e. The number of benzene rings is 1. The van der Waals surface area contributed by atoms with Crippen LogP contribution in [0.1, 0.15) is 11.1 Å². The Balaban J connectivity index is 2.00. The van der Waals surface area contributed by atoms with Gasteiger partial charge in [-0.2, -0.15) is 18.2 Å². The van der Waals surface area contributed by atoms with Crippen molar-refractivity contribution in [1.29, 1.82) is 0 Å². The molecule has 0 unspecified atom stereocenters. The van der Waals surface area contributed by atoms with Gasteiger partial charge < -0.3 is 15.7 Å². The van der Waals surface area contributed by atoms with Crippen LogP contribution >= 0.6 is 0 Å². The van der Waals surface area contributed by atoms with Crippen LogP contribution in [0.15, 0.2) is 48.8 Å². The van der Waals surface area contributed by atoms with E-state index in [4.69, 9.17) is 5.11 Å². The van der Waals surface area contributed by atoms with Crippen molar-refractivity contribution in [3.8, 4) is 11.3 Å². The summed E-state index contributed by atoms with van der Waals surface area (Å²) in [6.07, 6.45) is -1.36. The van der Waals surface area contributed by atoms with Gasteiger partial charge in [-0.05, 0) is 36.8 Å². The second-order valence-electron chi connectivity index (χ2n) is 6.05. The Morgan fingerprint density at radius 1 is 1.14 bits per heavy atom. The van der Waals surface area contributed by atoms with Gasteiger partial charge in [-0.3, -0.25) is 9.78 Å². The predicted octanol–water partition coefficient (Wildman–Crippen LogP) is 4.11. The van der Waals surface area contributed by atoms with Gasteiger partial charge in [0.1, 0.15) is 12.4 Å². The third-order valence-electron chi connectivity index (χ3n) is 4.00. The number of rotatable bonds is 6. The summed E-state index contributed by atoms with van der Waals surface area (Å²) in [5, 5.41) is 14.3. The largest absolute Gasteiger partial charge is 0.480 e. The van der Waals surface area contributed by atoms with E-state index >= 15 is 0 Å². The second-order valence-corrected chi connectivity index (χ2v) is 6.05. The van der Waals surface area contributed by atoms with Crippen molar-refractivity contribution in [2.45, 2.75) is 13.1 Å². The molecule has 0 amide bonds. The average molecular weight is 403 g/mol. The van der Waals surface area contributed by atoms with E-state index in [9.17, 15) is 18.0 Å². The van der Waals surface area contributed by atoms with Gasteiger partial charge in [0.25, 0.3) is 0 Å². The van der Waals surface area contributed by atoms with Crippen LogP contribution in [-0.4, -0.2) is 32.6 Å². The molecular formula is C19H16F3N5O2. The number of halogens is 3. The highest BCUT2D eigenvalue weighted by atomic mass is 19.4. The summed E-state index contributed by atoms with van der Waals surface area (Å²) in [6.45, 7) is 0.946. The Hall–Kier alpha value is -3.69. The highest BCUT2D eigenvalue weighted by molar-refractivity contribution is 5.73. The molecular weight excluding hydrogens is 387 g/mol. The number of nitrogens with zero attached hydrogens (tertiary/aromatic N) is 3. The highest BCUT2D eigenvalue weighted by Crippen LogP contribution is 2.35. The fraction of sp³-hybridized carbons (Fsp3) is 0.158. The molecule has 0 radical (unpaired) electrons. The fourth-order valence-corrected chi connectivity index (χ4v) is 2.63. The topological polar surface area (TPSA) is 100 Å². The van der Waals surface area contributed by atoms with E-state index < -0.39 is 24.3 Å². The van der Waals surface area contributed by atoms with Crippen LogP contribution < -0.4 is 10.6 Å². The van der Waals surface area contributed by atoms with Crippen molar-refractivity contribution in [1.82, 2.24) is 15.0 Å². The summed E-state index contributed by atoms with van der Waals surface area (Å²) >= 11 is 0. The Labute approximate surface area is 163 Å². The third-order valence-corrected chi connectivity index (χ3v) is 4.00. The quantitative estimate of drug-likeness (QED) is 0.570. The Bertz CT molecular complexity index is 1030. The van der Waals surface area contributed by atoms with Crippen molar-refractivity contribution >= 4 is 23.4 Å². The maximum Gasteiger partial charge on any atom is 0.416 e. The van der Waals surface area contributed by atoms with E-state index in [2.05, 4.69) is 25.6 Å². The number of aromatic nitrogens is 3. The second kappa shape index (κ2) is 8.13. The Morgan fingerprint density at radius 2 is 1.86 bits per heavy atom.